The number of carbonyl (C=O) groups is 2. The van der Waals surface area contributed by atoms with Crippen molar-refractivity contribution in [1.29, 1.82) is 0 Å². The summed E-state index contributed by atoms with van der Waals surface area (Å²) in [5.74, 6) is -0.766. The van der Waals surface area contributed by atoms with Gasteiger partial charge in [0, 0.05) is 12.1 Å². The third kappa shape index (κ3) is 6.66. The Bertz CT molecular complexity index is 1550. The third-order valence-electron chi connectivity index (χ3n) is 6.04. The lowest BCUT2D eigenvalue weighted by atomic mass is 10.1. The van der Waals surface area contributed by atoms with Gasteiger partial charge in [0.05, 0.1) is 21.8 Å². The number of carbonyl (C=O) groups excluding carboxylic acids is 2. The van der Waals surface area contributed by atoms with Crippen molar-refractivity contribution in [3.8, 4) is 0 Å². The molecule has 8 heteroatoms. The summed E-state index contributed by atoms with van der Waals surface area (Å²) < 4.78 is 28.3. The molecule has 4 rings (SSSR count). The van der Waals surface area contributed by atoms with Crippen molar-refractivity contribution in [1.82, 2.24) is 5.32 Å². The van der Waals surface area contributed by atoms with Crippen LogP contribution in [0.2, 0.25) is 0 Å². The summed E-state index contributed by atoms with van der Waals surface area (Å²) in [6.07, 6.45) is 0.686. The second-order valence-electron chi connectivity index (χ2n) is 8.94. The van der Waals surface area contributed by atoms with E-state index in [0.717, 1.165) is 11.1 Å². The zero-order chi connectivity index (χ0) is 27.1. The summed E-state index contributed by atoms with van der Waals surface area (Å²) in [5.41, 5.74) is 3.96. The molecular formula is C30H29N3O4S. The van der Waals surface area contributed by atoms with Gasteiger partial charge in [0.25, 0.3) is 21.8 Å². The molecule has 0 saturated heterocycles. The SMILES string of the molecule is Cc1ccc(S(=O)(=O)Nc2cc(C(=O)Nc3ccccc3C(=O)NCCc3ccccc3)ccc2C)cc1. The summed E-state index contributed by atoms with van der Waals surface area (Å²) >= 11 is 0. The first-order valence-electron chi connectivity index (χ1n) is 12.2. The van der Waals surface area contributed by atoms with Gasteiger partial charge >= 0.3 is 0 Å². The molecule has 0 aliphatic heterocycles. The highest BCUT2D eigenvalue weighted by Crippen LogP contribution is 2.23. The molecule has 194 valence electrons. The largest absolute Gasteiger partial charge is 0.352 e. The quantitative estimate of drug-likeness (QED) is 0.274. The number of benzene rings is 4. The topological polar surface area (TPSA) is 104 Å². The van der Waals surface area contributed by atoms with E-state index in [1.54, 1.807) is 55.5 Å². The van der Waals surface area contributed by atoms with Gasteiger partial charge in [-0.1, -0.05) is 66.2 Å². The van der Waals surface area contributed by atoms with E-state index in [4.69, 9.17) is 0 Å². The number of hydrogen-bond acceptors (Lipinski definition) is 4. The van der Waals surface area contributed by atoms with E-state index in [1.807, 2.05) is 37.3 Å². The molecule has 0 aliphatic rings. The minimum Gasteiger partial charge on any atom is -0.352 e. The Hall–Kier alpha value is -4.43. The summed E-state index contributed by atoms with van der Waals surface area (Å²) in [4.78, 5) is 26.1. The lowest BCUT2D eigenvalue weighted by Gasteiger charge is -2.14. The molecule has 0 heterocycles. The van der Waals surface area contributed by atoms with Crippen molar-refractivity contribution in [2.24, 2.45) is 0 Å². The van der Waals surface area contributed by atoms with E-state index in [1.165, 1.54) is 18.2 Å². The van der Waals surface area contributed by atoms with Crippen LogP contribution in [0.1, 0.15) is 37.4 Å². The molecule has 3 N–H and O–H groups in total. The molecular weight excluding hydrogens is 498 g/mol. The first-order chi connectivity index (χ1) is 18.2. The Morgan fingerprint density at radius 2 is 1.42 bits per heavy atom. The maximum Gasteiger partial charge on any atom is 0.261 e. The number of amides is 2. The molecule has 2 amide bonds. The normalized spacial score (nSPS) is 11.0. The van der Waals surface area contributed by atoms with Crippen LogP contribution >= 0.6 is 0 Å². The smallest absolute Gasteiger partial charge is 0.261 e. The fourth-order valence-corrected chi connectivity index (χ4v) is 4.96. The molecule has 7 nitrogen and oxygen atoms in total. The van der Waals surface area contributed by atoms with E-state index in [9.17, 15) is 18.0 Å². The predicted molar refractivity (Wildman–Crippen MR) is 150 cm³/mol. The molecule has 0 radical (unpaired) electrons. The molecule has 0 bridgehead atoms. The summed E-state index contributed by atoms with van der Waals surface area (Å²) in [5, 5.41) is 5.68. The number of rotatable bonds is 9. The monoisotopic (exact) mass is 527 g/mol. The van der Waals surface area contributed by atoms with Crippen LogP contribution < -0.4 is 15.4 Å². The second-order valence-corrected chi connectivity index (χ2v) is 10.6. The average Bonchev–Trinajstić information content (AvgIpc) is 2.91. The highest BCUT2D eigenvalue weighted by molar-refractivity contribution is 7.92. The summed E-state index contributed by atoms with van der Waals surface area (Å²) in [7, 11) is -3.84. The van der Waals surface area contributed by atoms with E-state index in [0.29, 0.717) is 35.5 Å². The molecule has 0 unspecified atom stereocenters. The fourth-order valence-electron chi connectivity index (χ4n) is 3.84. The molecule has 0 fully saturated rings. The Balaban J connectivity index is 1.47. The van der Waals surface area contributed by atoms with Crippen LogP contribution in [0.5, 0.6) is 0 Å². The Morgan fingerprint density at radius 1 is 0.737 bits per heavy atom. The number of hydrogen-bond donors (Lipinski definition) is 3. The van der Waals surface area contributed by atoms with Crippen molar-refractivity contribution >= 4 is 33.2 Å². The van der Waals surface area contributed by atoms with E-state index >= 15 is 0 Å². The van der Waals surface area contributed by atoms with Crippen LogP contribution in [0, 0.1) is 13.8 Å². The van der Waals surface area contributed by atoms with Gasteiger partial charge in [-0.25, -0.2) is 8.42 Å². The third-order valence-corrected chi connectivity index (χ3v) is 7.42. The standard InChI is InChI=1S/C30H29N3O4S/c1-21-12-16-25(17-13-21)38(36,37)33-28-20-24(15-14-22(28)2)29(34)32-27-11-7-6-10-26(27)30(35)31-19-18-23-8-4-3-5-9-23/h3-17,20,33H,18-19H2,1-2H3,(H,31,35)(H,32,34). The molecule has 4 aromatic rings. The zero-order valence-electron chi connectivity index (χ0n) is 21.2. The van der Waals surface area contributed by atoms with Crippen molar-refractivity contribution in [3.05, 3.63) is 125 Å². The predicted octanol–water partition coefficient (Wildman–Crippen LogP) is 5.33. The van der Waals surface area contributed by atoms with E-state index < -0.39 is 15.9 Å². The van der Waals surface area contributed by atoms with Crippen molar-refractivity contribution in [2.45, 2.75) is 25.2 Å². The first-order valence-corrected chi connectivity index (χ1v) is 13.6. The Kier molecular flexibility index (Phi) is 8.23. The molecule has 0 aliphatic carbocycles. The first kappa shape index (κ1) is 26.6. The Morgan fingerprint density at radius 3 is 2.16 bits per heavy atom. The van der Waals surface area contributed by atoms with Crippen LogP contribution in [0.4, 0.5) is 11.4 Å². The molecule has 4 aromatic carbocycles. The second kappa shape index (κ2) is 11.7. The van der Waals surface area contributed by atoms with Crippen LogP contribution in [-0.2, 0) is 16.4 Å². The highest BCUT2D eigenvalue weighted by Gasteiger charge is 2.18. The highest BCUT2D eigenvalue weighted by atomic mass is 32.2. The van der Waals surface area contributed by atoms with Crippen LogP contribution in [0.15, 0.2) is 102 Å². The van der Waals surface area contributed by atoms with Gasteiger partial charge < -0.3 is 10.6 Å². The number of nitrogens with one attached hydrogen (secondary N) is 3. The van der Waals surface area contributed by atoms with Crippen LogP contribution in [-0.4, -0.2) is 26.8 Å². The zero-order valence-corrected chi connectivity index (χ0v) is 22.0. The molecule has 38 heavy (non-hydrogen) atoms. The number of para-hydroxylation sites is 1. The molecule has 0 saturated carbocycles. The van der Waals surface area contributed by atoms with Gasteiger partial charge in [-0.15, -0.1) is 0 Å². The molecule has 0 atom stereocenters. The van der Waals surface area contributed by atoms with Crippen LogP contribution in [0.25, 0.3) is 0 Å². The Labute approximate surface area is 223 Å². The van der Waals surface area contributed by atoms with Gasteiger partial charge in [-0.2, -0.15) is 0 Å². The lowest BCUT2D eigenvalue weighted by molar-refractivity contribution is 0.0955. The van der Waals surface area contributed by atoms with Crippen LogP contribution in [0.3, 0.4) is 0 Å². The van der Waals surface area contributed by atoms with Crippen molar-refractivity contribution < 1.29 is 18.0 Å². The molecule has 0 aromatic heterocycles. The summed E-state index contributed by atoms with van der Waals surface area (Å²) in [6, 6.07) is 27.9. The minimum atomic E-state index is -3.84. The van der Waals surface area contributed by atoms with Gasteiger partial charge in [0.1, 0.15) is 0 Å². The van der Waals surface area contributed by atoms with Crippen molar-refractivity contribution in [3.63, 3.8) is 0 Å². The maximum atomic E-state index is 13.1. The van der Waals surface area contributed by atoms with Gasteiger partial charge in [-0.3, -0.25) is 14.3 Å². The lowest BCUT2D eigenvalue weighted by Crippen LogP contribution is -2.27. The molecule has 0 spiro atoms. The number of anilines is 2. The van der Waals surface area contributed by atoms with E-state index in [2.05, 4.69) is 15.4 Å². The van der Waals surface area contributed by atoms with Gasteiger partial charge in [-0.05, 0) is 67.8 Å². The van der Waals surface area contributed by atoms with E-state index in [-0.39, 0.29) is 16.4 Å². The maximum absolute atomic E-state index is 13.1. The minimum absolute atomic E-state index is 0.129. The number of aryl methyl sites for hydroxylation is 2. The summed E-state index contributed by atoms with van der Waals surface area (Å²) in [6.45, 7) is 4.08. The number of sulfonamides is 1. The average molecular weight is 528 g/mol. The fraction of sp³-hybridized carbons (Fsp3) is 0.133. The van der Waals surface area contributed by atoms with Crippen molar-refractivity contribution in [2.75, 3.05) is 16.6 Å². The van der Waals surface area contributed by atoms with Gasteiger partial charge in [0.2, 0.25) is 0 Å². The van der Waals surface area contributed by atoms with Gasteiger partial charge in [0.15, 0.2) is 0 Å².